The van der Waals surface area contributed by atoms with Crippen LogP contribution in [0.15, 0.2) is 24.3 Å². The van der Waals surface area contributed by atoms with Crippen LogP contribution in [-0.2, 0) is 4.79 Å². The molecule has 2 N–H and O–H groups in total. The fourth-order valence-electron chi connectivity index (χ4n) is 3.06. The van der Waals surface area contributed by atoms with Crippen LogP contribution in [0.5, 0.6) is 0 Å². The molecular formula is C18H21N3O2S. The molecule has 1 atom stereocenters. The summed E-state index contributed by atoms with van der Waals surface area (Å²) in [6.45, 7) is 2.77. The highest BCUT2D eigenvalue weighted by Gasteiger charge is 2.36. The number of nitrogens with zero attached hydrogens (tertiary/aromatic N) is 1. The van der Waals surface area contributed by atoms with Gasteiger partial charge in [-0.1, -0.05) is 12.1 Å². The minimum absolute atomic E-state index is 0.0211. The minimum Gasteiger partial charge on any atom is -0.354 e. The number of fused-ring (bicyclic) bond motifs is 1. The van der Waals surface area contributed by atoms with Crippen molar-refractivity contribution < 1.29 is 9.59 Å². The highest BCUT2D eigenvalue weighted by molar-refractivity contribution is 7.99. The lowest BCUT2D eigenvalue weighted by atomic mass is 10.2. The van der Waals surface area contributed by atoms with Gasteiger partial charge < -0.3 is 15.2 Å². The third-order valence-electron chi connectivity index (χ3n) is 4.72. The first-order chi connectivity index (χ1) is 11.6. The molecule has 1 saturated carbocycles. The number of H-pyrrole nitrogens is 1. The molecule has 2 aliphatic rings. The number of hydrogen-bond acceptors (Lipinski definition) is 3. The molecule has 1 aromatic heterocycles. The second kappa shape index (κ2) is 6.16. The highest BCUT2D eigenvalue weighted by atomic mass is 32.2. The van der Waals surface area contributed by atoms with E-state index in [-0.39, 0.29) is 17.9 Å². The Balaban J connectivity index is 1.51. The van der Waals surface area contributed by atoms with Gasteiger partial charge in [-0.05, 0) is 43.4 Å². The zero-order valence-electron chi connectivity index (χ0n) is 13.7. The lowest BCUT2D eigenvalue weighted by Gasteiger charge is -2.22. The van der Waals surface area contributed by atoms with Crippen molar-refractivity contribution in [3.8, 4) is 0 Å². The van der Waals surface area contributed by atoms with Crippen LogP contribution in [0.25, 0.3) is 10.9 Å². The monoisotopic (exact) mass is 343 g/mol. The van der Waals surface area contributed by atoms with E-state index < -0.39 is 0 Å². The van der Waals surface area contributed by atoms with Gasteiger partial charge in [0.1, 0.15) is 11.7 Å². The number of aryl methyl sites for hydroxylation is 1. The van der Waals surface area contributed by atoms with Crippen molar-refractivity contribution >= 4 is 34.5 Å². The number of aromatic nitrogens is 1. The maximum Gasteiger partial charge on any atom is 0.271 e. The number of rotatable bonds is 4. The molecule has 1 aromatic carbocycles. The second-order valence-electron chi connectivity index (χ2n) is 6.75. The maximum atomic E-state index is 12.9. The Kier molecular flexibility index (Phi) is 4.00. The summed E-state index contributed by atoms with van der Waals surface area (Å²) < 4.78 is 0. The Bertz CT molecular complexity index is 797. The molecule has 2 fully saturated rings. The first-order valence-electron chi connectivity index (χ1n) is 8.37. The maximum absolute atomic E-state index is 12.9. The number of carbonyl (C=O) groups excluding carboxylic acids is 2. The van der Waals surface area contributed by atoms with E-state index in [4.69, 9.17) is 0 Å². The van der Waals surface area contributed by atoms with E-state index in [9.17, 15) is 9.59 Å². The third kappa shape index (κ3) is 3.02. The smallest absolute Gasteiger partial charge is 0.271 e. The fourth-order valence-corrected chi connectivity index (χ4v) is 4.21. The van der Waals surface area contributed by atoms with E-state index >= 15 is 0 Å². The van der Waals surface area contributed by atoms with Crippen LogP contribution in [0, 0.1) is 12.8 Å². The number of benzene rings is 1. The summed E-state index contributed by atoms with van der Waals surface area (Å²) in [7, 11) is 0. The summed E-state index contributed by atoms with van der Waals surface area (Å²) in [6, 6.07) is 7.58. The third-order valence-corrected chi connectivity index (χ3v) is 5.73. The normalized spacial score (nSPS) is 20.5. The molecule has 0 bridgehead atoms. The van der Waals surface area contributed by atoms with Crippen molar-refractivity contribution in [2.24, 2.45) is 5.92 Å². The number of hydrogen-bond donors (Lipinski definition) is 2. The number of thioether (sulfide) groups is 1. The highest BCUT2D eigenvalue weighted by Crippen LogP contribution is 2.28. The predicted molar refractivity (Wildman–Crippen MR) is 96.1 cm³/mol. The molecule has 24 heavy (non-hydrogen) atoms. The molecule has 2 aromatic rings. The van der Waals surface area contributed by atoms with Crippen molar-refractivity contribution in [3.05, 3.63) is 35.5 Å². The summed E-state index contributed by atoms with van der Waals surface area (Å²) in [4.78, 5) is 30.2. The number of carbonyl (C=O) groups is 2. The van der Waals surface area contributed by atoms with Crippen LogP contribution in [0.3, 0.4) is 0 Å². The summed E-state index contributed by atoms with van der Waals surface area (Å²) in [6.07, 6.45) is 2.41. The average Bonchev–Trinajstić information content (AvgIpc) is 3.10. The van der Waals surface area contributed by atoms with Crippen LogP contribution < -0.4 is 5.32 Å². The topological polar surface area (TPSA) is 65.2 Å². The zero-order chi connectivity index (χ0) is 16.7. The first-order valence-corrected chi connectivity index (χ1v) is 9.53. The molecule has 1 saturated heterocycles. The molecule has 1 unspecified atom stereocenters. The lowest BCUT2D eigenvalue weighted by Crippen LogP contribution is -2.47. The summed E-state index contributed by atoms with van der Waals surface area (Å²) in [5.74, 6) is 1.76. The van der Waals surface area contributed by atoms with Gasteiger partial charge in [-0.15, -0.1) is 11.8 Å². The standard InChI is InChI=1S/C18H21N3O2S/c1-11-2-5-13-7-15(20-14(13)6-11)18(23)21-10-24-9-16(21)17(22)19-8-12-3-4-12/h2,5-7,12,16,20H,3-4,8-10H2,1H3,(H,19,22). The Labute approximate surface area is 145 Å². The molecule has 5 nitrogen and oxygen atoms in total. The minimum atomic E-state index is -0.366. The molecular weight excluding hydrogens is 322 g/mol. The van der Waals surface area contributed by atoms with Gasteiger partial charge >= 0.3 is 0 Å². The number of aromatic amines is 1. The van der Waals surface area contributed by atoms with Crippen molar-refractivity contribution in [1.29, 1.82) is 0 Å². The van der Waals surface area contributed by atoms with E-state index in [0.717, 1.165) is 23.0 Å². The summed E-state index contributed by atoms with van der Waals surface area (Å²) in [5.41, 5.74) is 2.66. The molecule has 0 radical (unpaired) electrons. The van der Waals surface area contributed by atoms with Gasteiger partial charge in [0.2, 0.25) is 5.91 Å². The van der Waals surface area contributed by atoms with E-state index in [0.29, 0.717) is 23.2 Å². The number of amides is 2. The Morgan fingerprint density at radius 2 is 2.17 bits per heavy atom. The van der Waals surface area contributed by atoms with E-state index in [1.165, 1.54) is 12.8 Å². The van der Waals surface area contributed by atoms with Crippen LogP contribution in [-0.4, -0.2) is 45.9 Å². The van der Waals surface area contributed by atoms with Gasteiger partial charge in [0, 0.05) is 23.2 Å². The van der Waals surface area contributed by atoms with E-state index in [1.54, 1.807) is 16.7 Å². The van der Waals surface area contributed by atoms with Crippen molar-refractivity contribution in [2.75, 3.05) is 18.2 Å². The van der Waals surface area contributed by atoms with Crippen molar-refractivity contribution in [1.82, 2.24) is 15.2 Å². The van der Waals surface area contributed by atoms with Gasteiger partial charge in [-0.25, -0.2) is 0 Å². The van der Waals surface area contributed by atoms with E-state index in [2.05, 4.69) is 10.3 Å². The largest absolute Gasteiger partial charge is 0.354 e. The van der Waals surface area contributed by atoms with Gasteiger partial charge in [-0.2, -0.15) is 0 Å². The summed E-state index contributed by atoms with van der Waals surface area (Å²) in [5, 5.41) is 4.02. The van der Waals surface area contributed by atoms with Crippen LogP contribution in [0.4, 0.5) is 0 Å². The second-order valence-corrected chi connectivity index (χ2v) is 7.75. The molecule has 6 heteroatoms. The Morgan fingerprint density at radius 3 is 2.96 bits per heavy atom. The molecule has 1 aliphatic heterocycles. The van der Waals surface area contributed by atoms with Crippen molar-refractivity contribution in [2.45, 2.75) is 25.8 Å². The molecule has 1 aliphatic carbocycles. The van der Waals surface area contributed by atoms with Gasteiger partial charge in [0.25, 0.3) is 5.91 Å². The SMILES string of the molecule is Cc1ccc2cc(C(=O)N3CSCC3C(=O)NCC3CC3)[nH]c2c1. The van der Waals surface area contributed by atoms with Crippen LogP contribution in [0.1, 0.15) is 28.9 Å². The predicted octanol–water partition coefficient (Wildman–Crippen LogP) is 2.52. The Morgan fingerprint density at radius 1 is 1.33 bits per heavy atom. The quantitative estimate of drug-likeness (QED) is 0.896. The fraction of sp³-hybridized carbons (Fsp3) is 0.444. The molecule has 4 rings (SSSR count). The molecule has 2 heterocycles. The Hall–Kier alpha value is -1.95. The van der Waals surface area contributed by atoms with Crippen molar-refractivity contribution in [3.63, 3.8) is 0 Å². The molecule has 126 valence electrons. The molecule has 2 amide bonds. The van der Waals surface area contributed by atoms with Gasteiger partial charge in [0.05, 0.1) is 5.88 Å². The van der Waals surface area contributed by atoms with Crippen LogP contribution >= 0.6 is 11.8 Å². The lowest BCUT2D eigenvalue weighted by molar-refractivity contribution is -0.124. The average molecular weight is 343 g/mol. The van der Waals surface area contributed by atoms with Gasteiger partial charge in [0.15, 0.2) is 0 Å². The first kappa shape index (κ1) is 15.6. The molecule has 0 spiro atoms. The van der Waals surface area contributed by atoms with Crippen LogP contribution in [0.2, 0.25) is 0 Å². The summed E-state index contributed by atoms with van der Waals surface area (Å²) >= 11 is 1.63. The zero-order valence-corrected chi connectivity index (χ0v) is 14.5. The van der Waals surface area contributed by atoms with E-state index in [1.807, 2.05) is 31.2 Å². The number of nitrogens with one attached hydrogen (secondary N) is 2. The van der Waals surface area contributed by atoms with Gasteiger partial charge in [-0.3, -0.25) is 9.59 Å².